The molecule has 3 N–H and O–H groups in total. The Kier molecular flexibility index (Phi) is 6.44. The van der Waals surface area contributed by atoms with E-state index in [0.29, 0.717) is 11.4 Å². The summed E-state index contributed by atoms with van der Waals surface area (Å²) in [6.45, 7) is 1.91. The van der Waals surface area contributed by atoms with Crippen LogP contribution in [0.3, 0.4) is 0 Å². The average Bonchev–Trinajstić information content (AvgIpc) is 2.73. The maximum atomic E-state index is 12.3. The van der Waals surface area contributed by atoms with Crippen molar-refractivity contribution < 1.29 is 19.4 Å². The number of ether oxygens (including phenoxy) is 2. The molecular formula is C22H23NO4S. The lowest BCUT2D eigenvalue weighted by atomic mass is 10.1. The predicted molar refractivity (Wildman–Crippen MR) is 113 cm³/mol. The van der Waals surface area contributed by atoms with Crippen LogP contribution in [0.5, 0.6) is 5.75 Å². The molecule has 6 heteroatoms. The van der Waals surface area contributed by atoms with Gasteiger partial charge in [0.1, 0.15) is 5.75 Å². The zero-order valence-corrected chi connectivity index (χ0v) is 16.6. The monoisotopic (exact) mass is 397 g/mol. The molecule has 3 aromatic rings. The molecule has 0 amide bonds. The third-order valence-electron chi connectivity index (χ3n) is 4.41. The second-order valence-corrected chi connectivity index (χ2v) is 7.37. The molecule has 0 aliphatic rings. The van der Waals surface area contributed by atoms with E-state index in [1.54, 1.807) is 26.2 Å². The summed E-state index contributed by atoms with van der Waals surface area (Å²) in [5.41, 5.74) is 7.63. The summed E-state index contributed by atoms with van der Waals surface area (Å²) < 4.78 is 10.3. The summed E-state index contributed by atoms with van der Waals surface area (Å²) in [5, 5.41) is 12.2. The fourth-order valence-corrected chi connectivity index (χ4v) is 4.28. The van der Waals surface area contributed by atoms with Crippen molar-refractivity contribution in [3.63, 3.8) is 0 Å². The molecule has 28 heavy (non-hydrogen) atoms. The number of hydrogen-bond donors (Lipinski definition) is 2. The first-order valence-corrected chi connectivity index (χ1v) is 9.85. The van der Waals surface area contributed by atoms with E-state index in [2.05, 4.69) is 0 Å². The molecule has 0 fully saturated rings. The van der Waals surface area contributed by atoms with Crippen LogP contribution in [0.4, 0.5) is 5.69 Å². The van der Waals surface area contributed by atoms with Gasteiger partial charge in [0.15, 0.2) is 6.10 Å². The van der Waals surface area contributed by atoms with E-state index in [1.165, 1.54) is 11.8 Å². The van der Waals surface area contributed by atoms with Crippen LogP contribution >= 0.6 is 11.8 Å². The highest BCUT2D eigenvalue weighted by atomic mass is 32.2. The molecule has 146 valence electrons. The van der Waals surface area contributed by atoms with E-state index in [9.17, 15) is 9.90 Å². The second kappa shape index (κ2) is 8.99. The number of benzene rings is 3. The smallest absolute Gasteiger partial charge is 0.336 e. The average molecular weight is 397 g/mol. The first-order valence-electron chi connectivity index (χ1n) is 8.97. The summed E-state index contributed by atoms with van der Waals surface area (Å²) in [4.78, 5) is 13.1. The van der Waals surface area contributed by atoms with Gasteiger partial charge in [0, 0.05) is 10.6 Å². The van der Waals surface area contributed by atoms with Gasteiger partial charge < -0.3 is 20.3 Å². The van der Waals surface area contributed by atoms with Crippen LogP contribution in [0.25, 0.3) is 10.8 Å². The number of nitrogen functional groups attached to an aromatic ring is 1. The molecule has 0 aliphatic heterocycles. The van der Waals surface area contributed by atoms with Crippen LogP contribution in [0.2, 0.25) is 0 Å². The number of esters is 1. The van der Waals surface area contributed by atoms with Crippen molar-refractivity contribution in [2.45, 2.75) is 23.2 Å². The zero-order chi connectivity index (χ0) is 20.1. The Hall–Kier alpha value is -2.70. The van der Waals surface area contributed by atoms with E-state index in [4.69, 9.17) is 15.2 Å². The Morgan fingerprint density at radius 1 is 1.11 bits per heavy atom. The summed E-state index contributed by atoms with van der Waals surface area (Å²) in [6, 6.07) is 18.9. The molecule has 3 rings (SSSR count). The van der Waals surface area contributed by atoms with E-state index in [1.807, 2.05) is 48.5 Å². The fraction of sp³-hybridized carbons (Fsp3) is 0.227. The number of hydrogen-bond acceptors (Lipinski definition) is 6. The standard InChI is InChI=1S/C22H23NO4S/c1-3-27-22(25)19(24)20(15-8-11-16(26-2)12-9-15)28-21-17-7-5-4-6-14(17)10-13-18(21)23/h4-13,19-20,24H,3,23H2,1-2H3/t19-,20-/m0/s1. The Morgan fingerprint density at radius 3 is 2.50 bits per heavy atom. The number of aliphatic hydroxyl groups is 1. The van der Waals surface area contributed by atoms with Gasteiger partial charge in [0.2, 0.25) is 0 Å². The van der Waals surface area contributed by atoms with Crippen molar-refractivity contribution in [1.82, 2.24) is 0 Å². The maximum absolute atomic E-state index is 12.3. The molecule has 0 unspecified atom stereocenters. The van der Waals surface area contributed by atoms with Gasteiger partial charge in [-0.1, -0.05) is 42.5 Å². The summed E-state index contributed by atoms with van der Waals surface area (Å²) >= 11 is 1.36. The lowest BCUT2D eigenvalue weighted by Crippen LogP contribution is -2.28. The van der Waals surface area contributed by atoms with Crippen molar-refractivity contribution in [1.29, 1.82) is 0 Å². The van der Waals surface area contributed by atoms with E-state index in [-0.39, 0.29) is 6.61 Å². The maximum Gasteiger partial charge on any atom is 0.336 e. The SMILES string of the molecule is CCOC(=O)[C@@H](O)[C@@H](Sc1c(N)ccc2ccccc12)c1ccc(OC)cc1. The minimum Gasteiger partial charge on any atom is -0.497 e. The van der Waals surface area contributed by atoms with Crippen molar-refractivity contribution >= 4 is 34.2 Å². The molecule has 0 saturated heterocycles. The molecule has 0 spiro atoms. The highest BCUT2D eigenvalue weighted by Gasteiger charge is 2.31. The predicted octanol–water partition coefficient (Wildman–Crippen LogP) is 4.19. The Labute approximate surface area is 168 Å². The largest absolute Gasteiger partial charge is 0.497 e. The summed E-state index contributed by atoms with van der Waals surface area (Å²) in [6.07, 6.45) is -1.34. The quantitative estimate of drug-likeness (QED) is 0.353. The lowest BCUT2D eigenvalue weighted by molar-refractivity contribution is -0.153. The van der Waals surface area contributed by atoms with Gasteiger partial charge in [-0.2, -0.15) is 0 Å². The molecule has 0 aromatic heterocycles. The minimum absolute atomic E-state index is 0.201. The number of fused-ring (bicyclic) bond motifs is 1. The molecule has 0 aliphatic carbocycles. The van der Waals surface area contributed by atoms with Crippen LogP contribution < -0.4 is 10.5 Å². The molecule has 5 nitrogen and oxygen atoms in total. The number of methoxy groups -OCH3 is 1. The molecule has 3 aromatic carbocycles. The van der Waals surface area contributed by atoms with Crippen LogP contribution in [-0.2, 0) is 9.53 Å². The molecular weight excluding hydrogens is 374 g/mol. The molecule has 0 heterocycles. The van der Waals surface area contributed by atoms with Crippen LogP contribution in [0.1, 0.15) is 17.7 Å². The van der Waals surface area contributed by atoms with E-state index < -0.39 is 17.3 Å². The number of thioether (sulfide) groups is 1. The number of carbonyl (C=O) groups is 1. The van der Waals surface area contributed by atoms with Gasteiger partial charge in [0.25, 0.3) is 0 Å². The van der Waals surface area contributed by atoms with E-state index in [0.717, 1.165) is 21.2 Å². The van der Waals surface area contributed by atoms with Gasteiger partial charge in [0.05, 0.1) is 19.0 Å². The normalized spacial score (nSPS) is 13.1. The van der Waals surface area contributed by atoms with Gasteiger partial charge in [-0.3, -0.25) is 0 Å². The summed E-state index contributed by atoms with van der Waals surface area (Å²) in [7, 11) is 1.59. The van der Waals surface area contributed by atoms with Crippen molar-refractivity contribution in [2.24, 2.45) is 0 Å². The molecule has 0 radical (unpaired) electrons. The minimum atomic E-state index is -1.34. The van der Waals surface area contributed by atoms with Crippen LogP contribution in [0, 0.1) is 0 Å². The third kappa shape index (κ3) is 4.24. The first-order chi connectivity index (χ1) is 13.5. The van der Waals surface area contributed by atoms with Gasteiger partial charge >= 0.3 is 5.97 Å². The van der Waals surface area contributed by atoms with Crippen molar-refractivity contribution in [3.05, 3.63) is 66.2 Å². The number of nitrogens with two attached hydrogens (primary N) is 1. The van der Waals surface area contributed by atoms with Gasteiger partial charge in [-0.15, -0.1) is 11.8 Å². The topological polar surface area (TPSA) is 81.8 Å². The zero-order valence-electron chi connectivity index (χ0n) is 15.8. The molecule has 0 bridgehead atoms. The fourth-order valence-electron chi connectivity index (χ4n) is 2.98. The number of anilines is 1. The first kappa shape index (κ1) is 20.0. The van der Waals surface area contributed by atoms with Crippen molar-refractivity contribution in [2.75, 3.05) is 19.5 Å². The van der Waals surface area contributed by atoms with Crippen LogP contribution in [-0.4, -0.2) is 30.9 Å². The number of carbonyl (C=O) groups excluding carboxylic acids is 1. The Bertz CT molecular complexity index is 958. The van der Waals surface area contributed by atoms with Crippen molar-refractivity contribution in [3.8, 4) is 5.75 Å². The van der Waals surface area contributed by atoms with E-state index >= 15 is 0 Å². The molecule has 0 saturated carbocycles. The Morgan fingerprint density at radius 2 is 1.82 bits per heavy atom. The second-order valence-electron chi connectivity index (χ2n) is 6.21. The van der Waals surface area contributed by atoms with Gasteiger partial charge in [-0.25, -0.2) is 4.79 Å². The van der Waals surface area contributed by atoms with Crippen LogP contribution in [0.15, 0.2) is 65.6 Å². The summed E-state index contributed by atoms with van der Waals surface area (Å²) in [5.74, 6) is 0.0393. The third-order valence-corrected chi connectivity index (χ3v) is 5.89. The lowest BCUT2D eigenvalue weighted by Gasteiger charge is -2.23. The highest BCUT2D eigenvalue weighted by molar-refractivity contribution is 8.00. The number of aliphatic hydroxyl groups excluding tert-OH is 1. The van der Waals surface area contributed by atoms with Gasteiger partial charge in [-0.05, 0) is 41.5 Å². The highest BCUT2D eigenvalue weighted by Crippen LogP contribution is 2.44. The Balaban J connectivity index is 2.04. The number of rotatable bonds is 7. The molecule has 2 atom stereocenters.